The molecule has 3 aromatic carbocycles. The molecule has 1 aliphatic carbocycles. The lowest BCUT2D eigenvalue weighted by molar-refractivity contribution is -0.141. The average Bonchev–Trinajstić information content (AvgIpc) is 3.19. The number of nitrogens with zero attached hydrogens (tertiary/aromatic N) is 1. The van der Waals surface area contributed by atoms with Crippen molar-refractivity contribution in [1.82, 2.24) is 4.90 Å². The topological polar surface area (TPSA) is 105 Å². The fourth-order valence-electron chi connectivity index (χ4n) is 4.22. The molecule has 1 atom stereocenters. The lowest BCUT2D eigenvalue weighted by Crippen LogP contribution is -2.40. The number of benzene rings is 3. The van der Waals surface area contributed by atoms with Gasteiger partial charge in [0.25, 0.3) is 5.91 Å². The molecule has 0 heterocycles. The third kappa shape index (κ3) is 4.68. The van der Waals surface area contributed by atoms with Crippen LogP contribution in [0.4, 0.5) is 10.5 Å². The van der Waals surface area contributed by atoms with E-state index in [0.717, 1.165) is 27.2 Å². The normalized spacial score (nSPS) is 12.8. The first-order chi connectivity index (χ1) is 16.8. The van der Waals surface area contributed by atoms with Crippen molar-refractivity contribution in [2.75, 3.05) is 26.1 Å². The van der Waals surface area contributed by atoms with Crippen LogP contribution in [0.15, 0.2) is 66.7 Å². The van der Waals surface area contributed by atoms with Crippen molar-refractivity contribution in [3.05, 3.63) is 83.4 Å². The number of methoxy groups -OCH3 is 1. The molecule has 0 aromatic heterocycles. The van der Waals surface area contributed by atoms with Gasteiger partial charge in [-0.05, 0) is 41.3 Å². The van der Waals surface area contributed by atoms with Crippen molar-refractivity contribution in [2.45, 2.75) is 18.9 Å². The van der Waals surface area contributed by atoms with Crippen LogP contribution in [0.5, 0.6) is 5.75 Å². The number of aliphatic carboxylic acids is 1. The lowest BCUT2D eigenvalue weighted by atomic mass is 9.98. The second-order valence-corrected chi connectivity index (χ2v) is 8.29. The number of carboxylic acids is 1. The smallest absolute Gasteiger partial charge is 0.411 e. The third-order valence-corrected chi connectivity index (χ3v) is 6.30. The fourth-order valence-corrected chi connectivity index (χ4v) is 4.22. The number of ether oxygens (including phenoxy) is 2. The molecule has 1 aliphatic rings. The number of hydrogen-bond acceptors (Lipinski definition) is 5. The minimum Gasteiger partial charge on any atom is -0.497 e. The number of anilines is 1. The monoisotopic (exact) mass is 474 g/mol. The first-order valence-electron chi connectivity index (χ1n) is 11.1. The zero-order valence-electron chi connectivity index (χ0n) is 19.6. The summed E-state index contributed by atoms with van der Waals surface area (Å²) < 4.78 is 10.8. The third-order valence-electron chi connectivity index (χ3n) is 6.30. The molecule has 0 unspecified atom stereocenters. The number of fused-ring (bicyclic) bond motifs is 3. The summed E-state index contributed by atoms with van der Waals surface area (Å²) in [5.74, 6) is -1.39. The molecule has 0 saturated carbocycles. The van der Waals surface area contributed by atoms with Crippen LogP contribution in [-0.2, 0) is 9.53 Å². The number of carbonyl (C=O) groups excluding carboxylic acids is 2. The molecule has 0 aliphatic heterocycles. The van der Waals surface area contributed by atoms with E-state index in [1.165, 1.54) is 33.2 Å². The van der Waals surface area contributed by atoms with Crippen molar-refractivity contribution >= 4 is 23.7 Å². The second kappa shape index (κ2) is 9.89. The van der Waals surface area contributed by atoms with Crippen LogP contribution in [0.25, 0.3) is 11.1 Å². The van der Waals surface area contributed by atoms with Gasteiger partial charge in [-0.15, -0.1) is 0 Å². The van der Waals surface area contributed by atoms with E-state index in [1.807, 2.05) is 36.4 Å². The second-order valence-electron chi connectivity index (χ2n) is 8.29. The van der Waals surface area contributed by atoms with E-state index in [4.69, 9.17) is 9.47 Å². The van der Waals surface area contributed by atoms with Crippen molar-refractivity contribution in [2.24, 2.45) is 0 Å². The number of carbonyl (C=O) groups is 3. The van der Waals surface area contributed by atoms with Crippen molar-refractivity contribution in [1.29, 1.82) is 0 Å². The molecule has 8 nitrogen and oxygen atoms in total. The molecule has 0 radical (unpaired) electrons. The van der Waals surface area contributed by atoms with Gasteiger partial charge >= 0.3 is 12.1 Å². The van der Waals surface area contributed by atoms with E-state index in [0.29, 0.717) is 5.75 Å². The summed E-state index contributed by atoms with van der Waals surface area (Å²) in [6.07, 6.45) is -0.733. The van der Waals surface area contributed by atoms with Crippen LogP contribution >= 0.6 is 0 Å². The maximum absolute atomic E-state index is 13.0. The first-order valence-corrected chi connectivity index (χ1v) is 11.1. The van der Waals surface area contributed by atoms with E-state index in [-0.39, 0.29) is 23.8 Å². The Balaban J connectivity index is 1.53. The minimum atomic E-state index is -1.14. The van der Waals surface area contributed by atoms with E-state index in [9.17, 15) is 19.5 Å². The highest BCUT2D eigenvalue weighted by Gasteiger charge is 2.30. The molecule has 35 heavy (non-hydrogen) atoms. The maximum atomic E-state index is 13.0. The molecular formula is C27H26N2O6. The highest BCUT2D eigenvalue weighted by atomic mass is 16.5. The fraction of sp³-hybridized carbons (Fsp3) is 0.222. The summed E-state index contributed by atoms with van der Waals surface area (Å²) in [4.78, 5) is 38.2. The molecule has 0 saturated heterocycles. The summed E-state index contributed by atoms with van der Waals surface area (Å²) in [6, 6.07) is 19.5. The zero-order chi connectivity index (χ0) is 25.1. The van der Waals surface area contributed by atoms with Gasteiger partial charge in [-0.1, -0.05) is 48.5 Å². The molecule has 180 valence electrons. The molecule has 0 spiro atoms. The molecule has 2 amide bonds. The number of likely N-dealkylation sites (N-methyl/N-ethyl adjacent to an activating group) is 1. The highest BCUT2D eigenvalue weighted by molar-refractivity contribution is 6.04. The van der Waals surface area contributed by atoms with Gasteiger partial charge in [0.1, 0.15) is 18.4 Å². The van der Waals surface area contributed by atoms with Gasteiger partial charge in [-0.2, -0.15) is 0 Å². The van der Waals surface area contributed by atoms with Crippen LogP contribution < -0.4 is 10.1 Å². The number of nitrogens with one attached hydrogen (secondary N) is 1. The van der Waals surface area contributed by atoms with Gasteiger partial charge in [0.15, 0.2) is 0 Å². The largest absolute Gasteiger partial charge is 0.497 e. The van der Waals surface area contributed by atoms with Gasteiger partial charge in [-0.25, -0.2) is 9.59 Å². The predicted molar refractivity (Wildman–Crippen MR) is 131 cm³/mol. The Bertz CT molecular complexity index is 1240. The Kier molecular flexibility index (Phi) is 6.73. The van der Waals surface area contributed by atoms with E-state index >= 15 is 0 Å². The highest BCUT2D eigenvalue weighted by Crippen LogP contribution is 2.44. The van der Waals surface area contributed by atoms with E-state index in [2.05, 4.69) is 17.4 Å². The first kappa shape index (κ1) is 23.8. The van der Waals surface area contributed by atoms with Gasteiger partial charge in [0.05, 0.1) is 18.4 Å². The van der Waals surface area contributed by atoms with Crippen LogP contribution in [0.1, 0.15) is 34.3 Å². The SMILES string of the molecule is COc1ccc(C(=O)N(C)[C@@H](C)C(=O)O)c(NC(=O)OCC2c3ccccc3-c3ccccc32)c1. The maximum Gasteiger partial charge on any atom is 0.411 e. The standard InChI is InChI=1S/C27H26N2O6/c1-16(26(31)32)29(2)25(30)22-13-12-17(34-3)14-24(22)28-27(33)35-15-23-20-10-6-4-8-18(20)19-9-5-7-11-21(19)23/h4-14,16,23H,15H2,1-3H3,(H,28,33)(H,31,32)/t16-/m0/s1. The minimum absolute atomic E-state index is 0.109. The summed E-state index contributed by atoms with van der Waals surface area (Å²) >= 11 is 0. The van der Waals surface area contributed by atoms with Gasteiger partial charge in [0, 0.05) is 19.0 Å². The van der Waals surface area contributed by atoms with E-state index < -0.39 is 24.0 Å². The molecule has 3 aromatic rings. The van der Waals surface area contributed by atoms with Crippen LogP contribution in [0, 0.1) is 0 Å². The number of amides is 2. The molecule has 2 N–H and O–H groups in total. The number of rotatable bonds is 7. The zero-order valence-corrected chi connectivity index (χ0v) is 19.6. The average molecular weight is 475 g/mol. The molecular weight excluding hydrogens is 448 g/mol. The Labute approximate surface area is 203 Å². The van der Waals surface area contributed by atoms with Crippen molar-refractivity contribution in [3.8, 4) is 16.9 Å². The van der Waals surface area contributed by atoms with E-state index in [1.54, 1.807) is 6.07 Å². The van der Waals surface area contributed by atoms with Crippen molar-refractivity contribution in [3.63, 3.8) is 0 Å². The van der Waals surface area contributed by atoms with Gasteiger partial charge < -0.3 is 19.5 Å². The Morgan fingerprint density at radius 1 is 1.00 bits per heavy atom. The summed E-state index contributed by atoms with van der Waals surface area (Å²) in [5, 5.41) is 11.9. The predicted octanol–water partition coefficient (Wildman–Crippen LogP) is 4.60. The summed E-state index contributed by atoms with van der Waals surface area (Å²) in [6.45, 7) is 1.52. The number of hydrogen-bond donors (Lipinski definition) is 2. The Morgan fingerprint density at radius 2 is 1.60 bits per heavy atom. The molecule has 8 heteroatoms. The molecule has 0 bridgehead atoms. The quantitative estimate of drug-likeness (QED) is 0.519. The lowest BCUT2D eigenvalue weighted by Gasteiger charge is -2.23. The van der Waals surface area contributed by atoms with Gasteiger partial charge in [0.2, 0.25) is 0 Å². The summed E-state index contributed by atoms with van der Waals surface area (Å²) in [5.41, 5.74) is 4.69. The molecule has 0 fully saturated rings. The number of carboxylic acid groups (broad SMARTS) is 1. The Morgan fingerprint density at radius 3 is 2.17 bits per heavy atom. The van der Waals surface area contributed by atoms with Crippen molar-refractivity contribution < 1.29 is 29.0 Å². The summed E-state index contributed by atoms with van der Waals surface area (Å²) in [7, 11) is 2.86. The van der Waals surface area contributed by atoms with Crippen LogP contribution in [-0.4, -0.2) is 54.8 Å². The van der Waals surface area contributed by atoms with Gasteiger partial charge in [-0.3, -0.25) is 10.1 Å². The molecule has 4 rings (SSSR count). The van der Waals surface area contributed by atoms with Crippen LogP contribution in [0.2, 0.25) is 0 Å². The Hall–Kier alpha value is -4.33. The van der Waals surface area contributed by atoms with Crippen LogP contribution in [0.3, 0.4) is 0 Å².